The van der Waals surface area contributed by atoms with E-state index in [4.69, 9.17) is 10.8 Å². The van der Waals surface area contributed by atoms with Crippen LogP contribution in [0.2, 0.25) is 0 Å². The number of fused-ring (bicyclic) bond motifs is 1. The van der Waals surface area contributed by atoms with Crippen LogP contribution in [-0.2, 0) is 0 Å². The van der Waals surface area contributed by atoms with Crippen molar-refractivity contribution in [2.45, 2.75) is 0 Å². The van der Waals surface area contributed by atoms with Gasteiger partial charge in [0, 0.05) is 11.6 Å². The average molecular weight is 308 g/mol. The molecule has 7 heteroatoms. The lowest BCUT2D eigenvalue weighted by atomic mass is 10.1. The fraction of sp³-hybridized carbons (Fsp3) is 0. The van der Waals surface area contributed by atoms with Gasteiger partial charge in [-0.3, -0.25) is 4.98 Å². The topological polar surface area (TPSA) is 110 Å². The van der Waals surface area contributed by atoms with Gasteiger partial charge in [0.05, 0.1) is 22.6 Å². The highest BCUT2D eigenvalue weighted by atomic mass is 16.7. The maximum Gasteiger partial charge on any atom is 0.511 e. The summed E-state index contributed by atoms with van der Waals surface area (Å²) in [6.45, 7) is 0. The molecule has 0 saturated heterocycles. The van der Waals surface area contributed by atoms with Gasteiger partial charge in [0.25, 0.3) is 0 Å². The van der Waals surface area contributed by atoms with E-state index in [0.29, 0.717) is 22.6 Å². The molecule has 3 aromatic rings. The summed E-state index contributed by atoms with van der Waals surface area (Å²) < 4.78 is 4.53. The van der Waals surface area contributed by atoms with Crippen LogP contribution < -0.4 is 10.5 Å². The molecule has 0 amide bonds. The van der Waals surface area contributed by atoms with Crippen molar-refractivity contribution in [1.82, 2.24) is 4.98 Å². The molecular formula is C16H12N4O3. The number of hydrogen-bond donors (Lipinski definition) is 2. The summed E-state index contributed by atoms with van der Waals surface area (Å²) in [4.78, 5) is 14.7. The molecule has 0 aliphatic carbocycles. The highest BCUT2D eigenvalue weighted by molar-refractivity contribution is 5.97. The van der Waals surface area contributed by atoms with Crippen molar-refractivity contribution in [3.63, 3.8) is 0 Å². The monoisotopic (exact) mass is 308 g/mol. The molecule has 0 atom stereocenters. The van der Waals surface area contributed by atoms with Crippen LogP contribution >= 0.6 is 0 Å². The maximum absolute atomic E-state index is 10.4. The second kappa shape index (κ2) is 6.10. The number of carboxylic acid groups (broad SMARTS) is 1. The van der Waals surface area contributed by atoms with Crippen molar-refractivity contribution >= 4 is 34.1 Å². The summed E-state index contributed by atoms with van der Waals surface area (Å²) in [6.07, 6.45) is 0.307. The number of rotatable bonds is 3. The second-order valence-corrected chi connectivity index (χ2v) is 4.64. The SMILES string of the molecule is Nc1ccc(N=Nc2ccc(OC(=O)O)cc2)c2cccnc12. The Morgan fingerprint density at radius 3 is 2.61 bits per heavy atom. The first-order valence-corrected chi connectivity index (χ1v) is 6.69. The van der Waals surface area contributed by atoms with Gasteiger partial charge < -0.3 is 15.6 Å². The van der Waals surface area contributed by atoms with Gasteiger partial charge in [0.15, 0.2) is 0 Å². The van der Waals surface area contributed by atoms with Gasteiger partial charge in [-0.25, -0.2) is 4.79 Å². The molecule has 0 bridgehead atoms. The molecule has 0 spiro atoms. The second-order valence-electron chi connectivity index (χ2n) is 4.64. The molecule has 114 valence electrons. The summed E-state index contributed by atoms with van der Waals surface area (Å²) in [6, 6.07) is 13.4. The molecule has 1 heterocycles. The van der Waals surface area contributed by atoms with Crippen LogP contribution in [0, 0.1) is 0 Å². The molecule has 0 aliphatic rings. The Bertz CT molecular complexity index is 891. The number of ether oxygens (including phenoxy) is 1. The number of carbonyl (C=O) groups is 1. The number of aromatic nitrogens is 1. The van der Waals surface area contributed by atoms with Crippen molar-refractivity contribution in [3.8, 4) is 5.75 Å². The van der Waals surface area contributed by atoms with Crippen LogP contribution in [0.1, 0.15) is 0 Å². The molecule has 3 rings (SSSR count). The van der Waals surface area contributed by atoms with E-state index in [1.807, 2.05) is 6.07 Å². The van der Waals surface area contributed by atoms with Crippen LogP contribution in [-0.4, -0.2) is 16.2 Å². The maximum atomic E-state index is 10.4. The first-order chi connectivity index (χ1) is 11.1. The van der Waals surface area contributed by atoms with Crippen molar-refractivity contribution in [1.29, 1.82) is 0 Å². The molecule has 7 nitrogen and oxygen atoms in total. The number of benzene rings is 2. The minimum atomic E-state index is -1.36. The molecule has 0 fully saturated rings. The lowest BCUT2D eigenvalue weighted by Gasteiger charge is -2.03. The molecule has 0 saturated carbocycles. The van der Waals surface area contributed by atoms with Crippen molar-refractivity contribution in [3.05, 3.63) is 54.7 Å². The number of pyridine rings is 1. The summed E-state index contributed by atoms with van der Waals surface area (Å²) in [5.74, 6) is 0.221. The third-order valence-corrected chi connectivity index (χ3v) is 3.09. The fourth-order valence-corrected chi connectivity index (χ4v) is 2.06. The smallest absolute Gasteiger partial charge is 0.449 e. The van der Waals surface area contributed by atoms with E-state index in [1.54, 1.807) is 36.5 Å². The average Bonchev–Trinajstić information content (AvgIpc) is 2.55. The predicted molar refractivity (Wildman–Crippen MR) is 85.4 cm³/mol. The normalized spacial score (nSPS) is 11.0. The molecular weight excluding hydrogens is 296 g/mol. The zero-order valence-corrected chi connectivity index (χ0v) is 11.9. The van der Waals surface area contributed by atoms with Gasteiger partial charge >= 0.3 is 6.16 Å². The highest BCUT2D eigenvalue weighted by Crippen LogP contribution is 2.30. The largest absolute Gasteiger partial charge is 0.511 e. The van der Waals surface area contributed by atoms with Gasteiger partial charge in [-0.2, -0.15) is 5.11 Å². The van der Waals surface area contributed by atoms with E-state index >= 15 is 0 Å². The fourth-order valence-electron chi connectivity index (χ4n) is 2.06. The summed E-state index contributed by atoms with van der Waals surface area (Å²) in [7, 11) is 0. The lowest BCUT2D eigenvalue weighted by molar-refractivity contribution is 0.144. The van der Waals surface area contributed by atoms with Crippen LogP contribution in [0.15, 0.2) is 65.0 Å². The van der Waals surface area contributed by atoms with Crippen molar-refractivity contribution in [2.24, 2.45) is 10.2 Å². The molecule has 3 N–H and O–H groups in total. The zero-order valence-electron chi connectivity index (χ0n) is 11.9. The van der Waals surface area contributed by atoms with Gasteiger partial charge in [0.2, 0.25) is 0 Å². The van der Waals surface area contributed by atoms with Gasteiger partial charge in [-0.05, 0) is 48.5 Å². The minimum absolute atomic E-state index is 0.221. The molecule has 2 aromatic carbocycles. The third-order valence-electron chi connectivity index (χ3n) is 3.09. The Hall–Kier alpha value is -3.48. The Morgan fingerprint density at radius 2 is 1.87 bits per heavy atom. The molecule has 0 aliphatic heterocycles. The standard InChI is InChI=1S/C16H12N4O3/c17-13-7-8-14(12-2-1-9-18-15(12)13)20-19-10-3-5-11(6-4-10)23-16(21)22/h1-9H,17H2,(H,21,22). The highest BCUT2D eigenvalue weighted by Gasteiger charge is 2.04. The third kappa shape index (κ3) is 3.24. The van der Waals surface area contributed by atoms with Gasteiger partial charge in [-0.15, -0.1) is 5.11 Å². The van der Waals surface area contributed by atoms with Crippen LogP contribution in [0.3, 0.4) is 0 Å². The Labute approximate surface area is 131 Å². The van der Waals surface area contributed by atoms with Crippen LogP contribution in [0.4, 0.5) is 21.9 Å². The molecule has 0 unspecified atom stereocenters. The van der Waals surface area contributed by atoms with Crippen LogP contribution in [0.25, 0.3) is 10.9 Å². The van der Waals surface area contributed by atoms with E-state index in [-0.39, 0.29) is 5.75 Å². The van der Waals surface area contributed by atoms with Crippen molar-refractivity contribution in [2.75, 3.05) is 5.73 Å². The van der Waals surface area contributed by atoms with E-state index in [2.05, 4.69) is 19.9 Å². The number of nitrogens with zero attached hydrogens (tertiary/aromatic N) is 3. The molecule has 23 heavy (non-hydrogen) atoms. The Balaban J connectivity index is 1.88. The molecule has 0 radical (unpaired) electrons. The number of hydrogen-bond acceptors (Lipinski definition) is 6. The quantitative estimate of drug-likeness (QED) is 0.324. The Morgan fingerprint density at radius 1 is 1.09 bits per heavy atom. The Kier molecular flexibility index (Phi) is 3.84. The van der Waals surface area contributed by atoms with E-state index in [0.717, 1.165) is 5.39 Å². The van der Waals surface area contributed by atoms with Crippen LogP contribution in [0.5, 0.6) is 5.75 Å². The lowest BCUT2D eigenvalue weighted by Crippen LogP contribution is -2.02. The van der Waals surface area contributed by atoms with Crippen molar-refractivity contribution < 1.29 is 14.6 Å². The van der Waals surface area contributed by atoms with E-state index in [1.165, 1.54) is 12.1 Å². The predicted octanol–water partition coefficient (Wildman–Crippen LogP) is 4.29. The molecule has 1 aromatic heterocycles. The minimum Gasteiger partial charge on any atom is -0.449 e. The first-order valence-electron chi connectivity index (χ1n) is 6.69. The number of nitrogens with two attached hydrogens (primary N) is 1. The summed E-state index contributed by atoms with van der Waals surface area (Å²) >= 11 is 0. The number of azo groups is 1. The summed E-state index contributed by atoms with van der Waals surface area (Å²) in [5.41, 5.74) is 8.36. The van der Waals surface area contributed by atoms with E-state index < -0.39 is 6.16 Å². The first kappa shape index (κ1) is 14.5. The van der Waals surface area contributed by atoms with Gasteiger partial charge in [0.1, 0.15) is 5.75 Å². The summed E-state index contributed by atoms with van der Waals surface area (Å²) in [5, 5.41) is 17.7. The zero-order chi connectivity index (χ0) is 16.2. The van der Waals surface area contributed by atoms with Gasteiger partial charge in [-0.1, -0.05) is 0 Å². The number of anilines is 1. The number of nitrogen functional groups attached to an aromatic ring is 1. The van der Waals surface area contributed by atoms with E-state index in [9.17, 15) is 4.79 Å².